The van der Waals surface area contributed by atoms with Gasteiger partial charge in [0.2, 0.25) is 0 Å². The minimum absolute atomic E-state index is 0.548. The summed E-state index contributed by atoms with van der Waals surface area (Å²) in [5.41, 5.74) is 4.61. The van der Waals surface area contributed by atoms with E-state index in [0.29, 0.717) is 17.9 Å². The van der Waals surface area contributed by atoms with E-state index in [1.165, 1.54) is 5.56 Å². The Morgan fingerprint density at radius 3 is 2.68 bits per heavy atom. The maximum atomic E-state index is 9.21. The Kier molecular flexibility index (Phi) is 3.76. The molecule has 2 aromatic rings. The third-order valence-electron chi connectivity index (χ3n) is 3.11. The summed E-state index contributed by atoms with van der Waals surface area (Å²) in [5.74, 6) is 0.548. The van der Waals surface area contributed by atoms with E-state index in [2.05, 4.69) is 40.6 Å². The van der Waals surface area contributed by atoms with Crippen LogP contribution in [0.1, 0.15) is 27.9 Å². The van der Waals surface area contributed by atoms with Crippen LogP contribution in [0, 0.1) is 32.1 Å². The summed E-state index contributed by atoms with van der Waals surface area (Å²) in [6.07, 6.45) is 0. The first kappa shape index (κ1) is 13.0. The molecule has 1 heterocycles. The summed E-state index contributed by atoms with van der Waals surface area (Å²) in [6.45, 7) is 6.43. The number of aryl methyl sites for hydroxylation is 2. The van der Waals surface area contributed by atoms with Crippen LogP contribution in [0.3, 0.4) is 0 Å². The molecule has 0 amide bonds. The lowest BCUT2D eigenvalue weighted by molar-refractivity contribution is 0.940. The smallest absolute Gasteiger partial charge is 0.167 e. The lowest BCUT2D eigenvalue weighted by Crippen LogP contribution is -2.07. The fourth-order valence-electron chi connectivity index (χ4n) is 1.88. The Morgan fingerprint density at radius 1 is 1.21 bits per heavy atom. The van der Waals surface area contributed by atoms with Gasteiger partial charge in [0.25, 0.3) is 0 Å². The third kappa shape index (κ3) is 2.89. The summed E-state index contributed by atoms with van der Waals surface area (Å²) < 4.78 is 0. The van der Waals surface area contributed by atoms with Crippen LogP contribution < -0.4 is 5.32 Å². The van der Waals surface area contributed by atoms with E-state index in [1.807, 2.05) is 26.0 Å². The summed E-state index contributed by atoms with van der Waals surface area (Å²) in [5, 5.41) is 20.5. The van der Waals surface area contributed by atoms with Gasteiger partial charge in [0.15, 0.2) is 5.82 Å². The normalized spacial score (nSPS) is 10.0. The molecule has 96 valence electrons. The molecule has 0 fully saturated rings. The predicted molar refractivity (Wildman–Crippen MR) is 74.7 cm³/mol. The number of rotatable bonds is 3. The quantitative estimate of drug-likeness (QED) is 0.912. The first-order valence-electron chi connectivity index (χ1n) is 6.15. The zero-order chi connectivity index (χ0) is 13.8. The largest absolute Gasteiger partial charge is 0.363 e. The third-order valence-corrected chi connectivity index (χ3v) is 3.11. The molecule has 0 radical (unpaired) electrons. The molecule has 0 atom stereocenters. The standard InChI is InChI=1S/C15H16N4/c1-10-5-4-6-13(7-10)9-17-15-14(8-16)11(2)12(3)18-19-15/h4-7H,9H2,1-3H3,(H,17,19). The fraction of sp³-hybridized carbons (Fsp3) is 0.267. The molecule has 0 aliphatic rings. The molecule has 0 aliphatic carbocycles. The van der Waals surface area contributed by atoms with Gasteiger partial charge < -0.3 is 5.32 Å². The Labute approximate surface area is 113 Å². The van der Waals surface area contributed by atoms with Gasteiger partial charge in [-0.15, -0.1) is 5.10 Å². The van der Waals surface area contributed by atoms with Gasteiger partial charge in [0.05, 0.1) is 5.69 Å². The lowest BCUT2D eigenvalue weighted by Gasteiger charge is -2.09. The van der Waals surface area contributed by atoms with E-state index in [9.17, 15) is 5.26 Å². The number of nitrogens with one attached hydrogen (secondary N) is 1. The highest BCUT2D eigenvalue weighted by Crippen LogP contribution is 2.17. The van der Waals surface area contributed by atoms with Crippen LogP contribution in [0.25, 0.3) is 0 Å². The maximum absolute atomic E-state index is 9.21. The lowest BCUT2D eigenvalue weighted by atomic mass is 10.1. The van der Waals surface area contributed by atoms with Gasteiger partial charge in [0.1, 0.15) is 11.6 Å². The van der Waals surface area contributed by atoms with Gasteiger partial charge in [-0.25, -0.2) is 0 Å². The number of hydrogen-bond donors (Lipinski definition) is 1. The number of hydrogen-bond acceptors (Lipinski definition) is 4. The van der Waals surface area contributed by atoms with Crippen molar-refractivity contribution in [2.24, 2.45) is 0 Å². The second-order valence-electron chi connectivity index (χ2n) is 4.59. The van der Waals surface area contributed by atoms with Gasteiger partial charge in [-0.1, -0.05) is 29.8 Å². The second-order valence-corrected chi connectivity index (χ2v) is 4.59. The van der Waals surface area contributed by atoms with E-state index >= 15 is 0 Å². The van der Waals surface area contributed by atoms with E-state index in [0.717, 1.165) is 16.8 Å². The van der Waals surface area contributed by atoms with Crippen molar-refractivity contribution in [3.05, 3.63) is 52.2 Å². The van der Waals surface area contributed by atoms with E-state index in [1.54, 1.807) is 0 Å². The van der Waals surface area contributed by atoms with E-state index in [4.69, 9.17) is 0 Å². The van der Waals surface area contributed by atoms with Crippen molar-refractivity contribution < 1.29 is 0 Å². The summed E-state index contributed by atoms with van der Waals surface area (Å²) >= 11 is 0. The van der Waals surface area contributed by atoms with E-state index in [-0.39, 0.29) is 0 Å². The van der Waals surface area contributed by atoms with E-state index < -0.39 is 0 Å². The molecule has 1 aromatic heterocycles. The molecule has 19 heavy (non-hydrogen) atoms. The van der Waals surface area contributed by atoms with Gasteiger partial charge >= 0.3 is 0 Å². The molecule has 0 saturated heterocycles. The number of anilines is 1. The summed E-state index contributed by atoms with van der Waals surface area (Å²) in [7, 11) is 0. The van der Waals surface area contributed by atoms with Crippen molar-refractivity contribution in [2.45, 2.75) is 27.3 Å². The highest BCUT2D eigenvalue weighted by Gasteiger charge is 2.10. The van der Waals surface area contributed by atoms with Crippen LogP contribution in [0.4, 0.5) is 5.82 Å². The monoisotopic (exact) mass is 252 g/mol. The van der Waals surface area contributed by atoms with Crippen molar-refractivity contribution in [1.29, 1.82) is 5.26 Å². The van der Waals surface area contributed by atoms with Gasteiger partial charge in [0, 0.05) is 6.54 Å². The van der Waals surface area contributed by atoms with Gasteiger partial charge in [-0.05, 0) is 31.9 Å². The maximum Gasteiger partial charge on any atom is 0.167 e. The molecule has 1 aromatic carbocycles. The van der Waals surface area contributed by atoms with Crippen molar-refractivity contribution >= 4 is 5.82 Å². The van der Waals surface area contributed by atoms with Crippen LogP contribution in [-0.4, -0.2) is 10.2 Å². The fourth-order valence-corrected chi connectivity index (χ4v) is 1.88. The van der Waals surface area contributed by atoms with Crippen LogP contribution in [0.5, 0.6) is 0 Å². The zero-order valence-corrected chi connectivity index (χ0v) is 11.4. The van der Waals surface area contributed by atoms with Crippen molar-refractivity contribution in [1.82, 2.24) is 10.2 Å². The number of benzene rings is 1. The first-order valence-corrected chi connectivity index (χ1v) is 6.15. The average Bonchev–Trinajstić information content (AvgIpc) is 2.40. The topological polar surface area (TPSA) is 61.6 Å². The molecule has 4 nitrogen and oxygen atoms in total. The predicted octanol–water partition coefficient (Wildman–Crippen LogP) is 2.89. The number of nitriles is 1. The molecule has 0 saturated carbocycles. The highest BCUT2D eigenvalue weighted by atomic mass is 15.2. The molecule has 1 N–H and O–H groups in total. The minimum Gasteiger partial charge on any atom is -0.363 e. The van der Waals surface area contributed by atoms with Crippen LogP contribution >= 0.6 is 0 Å². The molecular weight excluding hydrogens is 236 g/mol. The molecule has 2 rings (SSSR count). The van der Waals surface area contributed by atoms with Gasteiger partial charge in [-0.2, -0.15) is 10.4 Å². The van der Waals surface area contributed by atoms with Crippen LogP contribution in [0.2, 0.25) is 0 Å². The molecule has 4 heteroatoms. The molecule has 0 spiro atoms. The SMILES string of the molecule is Cc1cccc(CNc2nnc(C)c(C)c2C#N)c1. The Bertz CT molecular complexity index is 641. The molecular formula is C15H16N4. The number of nitrogens with zero attached hydrogens (tertiary/aromatic N) is 3. The van der Waals surface area contributed by atoms with Crippen molar-refractivity contribution in [3.8, 4) is 6.07 Å². The Morgan fingerprint density at radius 2 is 2.00 bits per heavy atom. The molecule has 0 bridgehead atoms. The second kappa shape index (κ2) is 5.49. The van der Waals surface area contributed by atoms with Gasteiger partial charge in [-0.3, -0.25) is 0 Å². The summed E-state index contributed by atoms with van der Waals surface area (Å²) in [4.78, 5) is 0. The minimum atomic E-state index is 0.548. The number of aromatic nitrogens is 2. The summed E-state index contributed by atoms with van der Waals surface area (Å²) in [6, 6.07) is 10.4. The van der Waals surface area contributed by atoms with Crippen molar-refractivity contribution in [3.63, 3.8) is 0 Å². The first-order chi connectivity index (χ1) is 9.11. The molecule has 0 unspecified atom stereocenters. The Balaban J connectivity index is 2.21. The highest BCUT2D eigenvalue weighted by molar-refractivity contribution is 5.55. The molecule has 0 aliphatic heterocycles. The average molecular weight is 252 g/mol. The van der Waals surface area contributed by atoms with Crippen LogP contribution in [0.15, 0.2) is 24.3 Å². The van der Waals surface area contributed by atoms with Crippen LogP contribution in [-0.2, 0) is 6.54 Å². The zero-order valence-electron chi connectivity index (χ0n) is 11.4. The Hall–Kier alpha value is -2.41. The van der Waals surface area contributed by atoms with Crippen molar-refractivity contribution in [2.75, 3.05) is 5.32 Å².